The van der Waals surface area contributed by atoms with Crippen LogP contribution in [0.15, 0.2) is 12.1 Å². The van der Waals surface area contributed by atoms with Gasteiger partial charge in [0, 0.05) is 5.56 Å². The van der Waals surface area contributed by atoms with E-state index in [4.69, 9.17) is 0 Å². The molecule has 0 spiro atoms. The van der Waals surface area contributed by atoms with E-state index in [1.807, 2.05) is 0 Å². The fourth-order valence-corrected chi connectivity index (χ4v) is 2.91. The van der Waals surface area contributed by atoms with Gasteiger partial charge in [-0.25, -0.2) is 0 Å². The number of benzene rings is 1. The molecule has 0 atom stereocenters. The molecular formula is C16H20O. The molecule has 1 aromatic carbocycles. The number of carbonyl (C=O) groups excluding carboxylic acids is 1. The standard InChI is InChI=1S/C16H20O/c1-11-8-14(16(3)6-7-16)12(10-17)9-13(11)15(2)4-5-15/h8-10H,4-7H2,1-3H3. The number of aryl methyl sites for hydroxylation is 1. The summed E-state index contributed by atoms with van der Waals surface area (Å²) in [6, 6.07) is 4.43. The first-order valence-electron chi connectivity index (χ1n) is 6.59. The van der Waals surface area contributed by atoms with Crippen molar-refractivity contribution in [3.63, 3.8) is 0 Å². The SMILES string of the molecule is Cc1cc(C2(C)CC2)c(C=O)cc1C1(C)CC1. The third-order valence-corrected chi connectivity index (χ3v) is 4.82. The van der Waals surface area contributed by atoms with Crippen LogP contribution >= 0.6 is 0 Å². The zero-order valence-electron chi connectivity index (χ0n) is 11.0. The van der Waals surface area contributed by atoms with Gasteiger partial charge in [-0.1, -0.05) is 19.9 Å². The van der Waals surface area contributed by atoms with Crippen LogP contribution in [-0.4, -0.2) is 6.29 Å². The summed E-state index contributed by atoms with van der Waals surface area (Å²) in [5, 5.41) is 0. The van der Waals surface area contributed by atoms with E-state index in [2.05, 4.69) is 32.9 Å². The van der Waals surface area contributed by atoms with E-state index in [1.54, 1.807) is 0 Å². The molecule has 1 nitrogen and oxygen atoms in total. The summed E-state index contributed by atoms with van der Waals surface area (Å²) in [6.45, 7) is 6.78. The first-order chi connectivity index (χ1) is 7.98. The fourth-order valence-electron chi connectivity index (χ4n) is 2.91. The summed E-state index contributed by atoms with van der Waals surface area (Å²) in [4.78, 5) is 11.3. The maximum absolute atomic E-state index is 11.3. The second kappa shape index (κ2) is 3.22. The molecule has 0 radical (unpaired) electrons. The molecule has 0 aromatic heterocycles. The Hall–Kier alpha value is -1.11. The minimum atomic E-state index is 0.282. The zero-order valence-corrected chi connectivity index (χ0v) is 11.0. The maximum Gasteiger partial charge on any atom is 0.150 e. The molecule has 2 aliphatic carbocycles. The number of rotatable bonds is 3. The highest BCUT2D eigenvalue weighted by Gasteiger charge is 2.43. The van der Waals surface area contributed by atoms with Gasteiger partial charge in [0.1, 0.15) is 6.29 Å². The van der Waals surface area contributed by atoms with Gasteiger partial charge in [-0.15, -0.1) is 0 Å². The van der Waals surface area contributed by atoms with Crippen LogP contribution < -0.4 is 0 Å². The van der Waals surface area contributed by atoms with Gasteiger partial charge < -0.3 is 0 Å². The van der Waals surface area contributed by atoms with Crippen molar-refractivity contribution in [1.82, 2.24) is 0 Å². The predicted octanol–water partition coefficient (Wildman–Crippen LogP) is 3.91. The van der Waals surface area contributed by atoms with Crippen molar-refractivity contribution in [2.75, 3.05) is 0 Å². The smallest absolute Gasteiger partial charge is 0.150 e. The molecule has 2 saturated carbocycles. The molecular weight excluding hydrogens is 208 g/mol. The second-order valence-corrected chi connectivity index (χ2v) is 6.49. The molecule has 1 heteroatoms. The fraction of sp³-hybridized carbons (Fsp3) is 0.562. The minimum absolute atomic E-state index is 0.282. The van der Waals surface area contributed by atoms with Crippen LogP contribution in [-0.2, 0) is 10.8 Å². The van der Waals surface area contributed by atoms with Crippen molar-refractivity contribution < 1.29 is 4.79 Å². The van der Waals surface area contributed by atoms with E-state index >= 15 is 0 Å². The summed E-state index contributed by atoms with van der Waals surface area (Å²) in [7, 11) is 0. The highest BCUT2D eigenvalue weighted by atomic mass is 16.1. The molecule has 0 amide bonds. The van der Waals surface area contributed by atoms with Crippen molar-refractivity contribution in [2.24, 2.45) is 0 Å². The third kappa shape index (κ3) is 1.64. The third-order valence-electron chi connectivity index (χ3n) is 4.82. The average Bonchev–Trinajstić information content (AvgIpc) is 3.19. The van der Waals surface area contributed by atoms with Gasteiger partial charge >= 0.3 is 0 Å². The molecule has 90 valence electrons. The van der Waals surface area contributed by atoms with Gasteiger partial charge in [0.15, 0.2) is 0 Å². The monoisotopic (exact) mass is 228 g/mol. The lowest BCUT2D eigenvalue weighted by Gasteiger charge is -2.19. The number of hydrogen-bond donors (Lipinski definition) is 0. The maximum atomic E-state index is 11.3. The molecule has 0 unspecified atom stereocenters. The lowest BCUT2D eigenvalue weighted by Crippen LogP contribution is -2.10. The second-order valence-electron chi connectivity index (χ2n) is 6.49. The van der Waals surface area contributed by atoms with E-state index < -0.39 is 0 Å². The van der Waals surface area contributed by atoms with Gasteiger partial charge in [-0.2, -0.15) is 0 Å². The van der Waals surface area contributed by atoms with Crippen molar-refractivity contribution in [1.29, 1.82) is 0 Å². The molecule has 2 aliphatic rings. The van der Waals surface area contributed by atoms with Gasteiger partial charge in [-0.05, 0) is 66.2 Å². The topological polar surface area (TPSA) is 17.1 Å². The van der Waals surface area contributed by atoms with Gasteiger partial charge in [0.05, 0.1) is 0 Å². The summed E-state index contributed by atoms with van der Waals surface area (Å²) in [5.74, 6) is 0. The number of hydrogen-bond acceptors (Lipinski definition) is 1. The van der Waals surface area contributed by atoms with E-state index in [0.717, 1.165) is 11.8 Å². The van der Waals surface area contributed by atoms with E-state index in [9.17, 15) is 4.79 Å². The van der Waals surface area contributed by atoms with Crippen LogP contribution in [0.2, 0.25) is 0 Å². The largest absolute Gasteiger partial charge is 0.298 e. The van der Waals surface area contributed by atoms with Crippen LogP contribution in [0.3, 0.4) is 0 Å². The van der Waals surface area contributed by atoms with Gasteiger partial charge in [-0.3, -0.25) is 4.79 Å². The van der Waals surface area contributed by atoms with Crippen LogP contribution in [0.4, 0.5) is 0 Å². The minimum Gasteiger partial charge on any atom is -0.298 e. The molecule has 2 fully saturated rings. The Bertz CT molecular complexity index is 490. The highest BCUT2D eigenvalue weighted by Crippen LogP contribution is 2.52. The summed E-state index contributed by atoms with van der Waals surface area (Å²) in [5.41, 5.74) is 5.61. The Morgan fingerprint density at radius 2 is 1.53 bits per heavy atom. The van der Waals surface area contributed by atoms with Crippen LogP contribution in [0, 0.1) is 6.92 Å². The Kier molecular flexibility index (Phi) is 2.08. The van der Waals surface area contributed by atoms with E-state index in [1.165, 1.54) is 42.4 Å². The van der Waals surface area contributed by atoms with Gasteiger partial charge in [0.25, 0.3) is 0 Å². The molecule has 17 heavy (non-hydrogen) atoms. The first kappa shape index (κ1) is 11.0. The van der Waals surface area contributed by atoms with E-state index in [0.29, 0.717) is 5.41 Å². The highest BCUT2D eigenvalue weighted by molar-refractivity contribution is 5.79. The van der Waals surface area contributed by atoms with Crippen molar-refractivity contribution in [3.05, 3.63) is 34.4 Å². The number of carbonyl (C=O) groups is 1. The lowest BCUT2D eigenvalue weighted by atomic mass is 9.85. The Morgan fingerprint density at radius 1 is 1.00 bits per heavy atom. The normalized spacial score (nSPS) is 23.2. The number of aldehydes is 1. The van der Waals surface area contributed by atoms with Crippen molar-refractivity contribution in [2.45, 2.75) is 57.3 Å². The Morgan fingerprint density at radius 3 is 2.00 bits per heavy atom. The zero-order chi connectivity index (χ0) is 12.3. The summed E-state index contributed by atoms with van der Waals surface area (Å²) >= 11 is 0. The summed E-state index contributed by atoms with van der Waals surface area (Å²) in [6.07, 6.45) is 6.03. The van der Waals surface area contributed by atoms with Crippen LogP contribution in [0.25, 0.3) is 0 Å². The summed E-state index contributed by atoms with van der Waals surface area (Å²) < 4.78 is 0. The average molecular weight is 228 g/mol. The Balaban J connectivity index is 2.13. The first-order valence-corrected chi connectivity index (χ1v) is 6.59. The lowest BCUT2D eigenvalue weighted by molar-refractivity contribution is 0.112. The van der Waals surface area contributed by atoms with Crippen LogP contribution in [0.5, 0.6) is 0 Å². The molecule has 0 bridgehead atoms. The molecule has 0 N–H and O–H groups in total. The molecule has 0 aliphatic heterocycles. The van der Waals surface area contributed by atoms with Crippen molar-refractivity contribution >= 4 is 6.29 Å². The van der Waals surface area contributed by atoms with E-state index in [-0.39, 0.29) is 5.41 Å². The quantitative estimate of drug-likeness (QED) is 0.717. The molecule has 1 aromatic rings. The van der Waals surface area contributed by atoms with Crippen LogP contribution in [0.1, 0.15) is 66.6 Å². The molecule has 0 saturated heterocycles. The van der Waals surface area contributed by atoms with Gasteiger partial charge in [0.2, 0.25) is 0 Å². The van der Waals surface area contributed by atoms with Crippen molar-refractivity contribution in [3.8, 4) is 0 Å². The Labute approximate surface area is 103 Å². The molecule has 0 heterocycles. The predicted molar refractivity (Wildman–Crippen MR) is 69.7 cm³/mol. The molecule has 3 rings (SSSR count).